The smallest absolute Gasteiger partial charge is 0.295 e. The van der Waals surface area contributed by atoms with Crippen LogP contribution in [0.15, 0.2) is 48.0 Å². The fourth-order valence-corrected chi connectivity index (χ4v) is 4.18. The van der Waals surface area contributed by atoms with E-state index in [4.69, 9.17) is 14.2 Å². The topological polar surface area (TPSA) is 85.3 Å². The van der Waals surface area contributed by atoms with Gasteiger partial charge in [-0.2, -0.15) is 0 Å². The molecular formula is C24H25NO6. The second kappa shape index (κ2) is 8.43. The number of hydrogen-bond donors (Lipinski definition) is 1. The number of Topliss-reactive ketones (excluding diaryl/α,β-unsaturated/α-hetero) is 1. The number of carbonyl (C=O) groups is 2. The third-order valence-electron chi connectivity index (χ3n) is 5.66. The number of hydrogen-bond acceptors (Lipinski definition) is 6. The lowest BCUT2D eigenvalue weighted by atomic mass is 9.94. The number of aliphatic hydroxyl groups is 1. The summed E-state index contributed by atoms with van der Waals surface area (Å²) < 4.78 is 16.2. The molecule has 7 heteroatoms. The van der Waals surface area contributed by atoms with Crippen LogP contribution in [-0.4, -0.2) is 55.2 Å². The summed E-state index contributed by atoms with van der Waals surface area (Å²) >= 11 is 0. The summed E-state index contributed by atoms with van der Waals surface area (Å²) in [4.78, 5) is 27.3. The lowest BCUT2D eigenvalue weighted by molar-refractivity contribution is -0.140. The number of aliphatic hydroxyl groups excluding tert-OH is 1. The van der Waals surface area contributed by atoms with Crippen molar-refractivity contribution < 1.29 is 28.9 Å². The van der Waals surface area contributed by atoms with Crippen molar-refractivity contribution in [1.29, 1.82) is 0 Å². The van der Waals surface area contributed by atoms with E-state index in [1.165, 1.54) is 12.0 Å². The Labute approximate surface area is 180 Å². The molecule has 31 heavy (non-hydrogen) atoms. The highest BCUT2D eigenvalue weighted by atomic mass is 16.5. The van der Waals surface area contributed by atoms with Gasteiger partial charge in [-0.3, -0.25) is 9.59 Å². The zero-order chi connectivity index (χ0) is 22.1. The standard InChI is InChI=1S/C24H25NO6/c1-14-11-17-12-16(7-8-19(17)31-14)22(26)20-21(15-5-4-6-18(13-15)30-3)25(9-10-29-2)24(28)23(20)27/h4-8,12-14,21,26H,9-11H2,1-3H3/t14-,21-/m0/s1. The average Bonchev–Trinajstić information content (AvgIpc) is 3.27. The number of benzene rings is 2. The Hall–Kier alpha value is -3.32. The second-order valence-corrected chi connectivity index (χ2v) is 7.72. The van der Waals surface area contributed by atoms with Crippen LogP contribution in [0.3, 0.4) is 0 Å². The van der Waals surface area contributed by atoms with Gasteiger partial charge in [0.1, 0.15) is 23.4 Å². The van der Waals surface area contributed by atoms with Crippen LogP contribution < -0.4 is 9.47 Å². The first-order chi connectivity index (χ1) is 14.9. The maximum absolute atomic E-state index is 13.0. The molecule has 0 bridgehead atoms. The minimum atomic E-state index is -0.742. The number of methoxy groups -OCH3 is 2. The van der Waals surface area contributed by atoms with Crippen molar-refractivity contribution in [3.8, 4) is 11.5 Å². The lowest BCUT2D eigenvalue weighted by Crippen LogP contribution is -2.32. The quantitative estimate of drug-likeness (QED) is 0.437. The maximum atomic E-state index is 13.0. The zero-order valence-corrected chi connectivity index (χ0v) is 17.8. The molecule has 0 aromatic heterocycles. The number of carbonyl (C=O) groups excluding carboxylic acids is 2. The Morgan fingerprint density at radius 1 is 1.19 bits per heavy atom. The van der Waals surface area contributed by atoms with Gasteiger partial charge in [-0.25, -0.2) is 0 Å². The molecule has 2 atom stereocenters. The lowest BCUT2D eigenvalue weighted by Gasteiger charge is -2.25. The predicted octanol–water partition coefficient (Wildman–Crippen LogP) is 3.09. The Kier molecular flexibility index (Phi) is 5.69. The molecule has 1 saturated heterocycles. The van der Waals surface area contributed by atoms with Gasteiger partial charge < -0.3 is 24.2 Å². The van der Waals surface area contributed by atoms with Gasteiger partial charge in [0.25, 0.3) is 11.7 Å². The average molecular weight is 423 g/mol. The van der Waals surface area contributed by atoms with Gasteiger partial charge in [-0.15, -0.1) is 0 Å². The molecule has 1 fully saturated rings. The van der Waals surface area contributed by atoms with Gasteiger partial charge in [0.15, 0.2) is 0 Å². The summed E-state index contributed by atoms with van der Waals surface area (Å²) in [7, 11) is 3.08. The summed E-state index contributed by atoms with van der Waals surface area (Å²) in [6, 6.07) is 11.7. The van der Waals surface area contributed by atoms with Crippen LogP contribution in [0.2, 0.25) is 0 Å². The minimum Gasteiger partial charge on any atom is -0.507 e. The van der Waals surface area contributed by atoms with Crippen LogP contribution in [0.1, 0.15) is 29.7 Å². The molecule has 1 amide bonds. The first-order valence-corrected chi connectivity index (χ1v) is 10.2. The van der Waals surface area contributed by atoms with Gasteiger partial charge >= 0.3 is 0 Å². The van der Waals surface area contributed by atoms with Crippen LogP contribution in [0.4, 0.5) is 0 Å². The summed E-state index contributed by atoms with van der Waals surface area (Å²) in [6.45, 7) is 2.46. The second-order valence-electron chi connectivity index (χ2n) is 7.72. The molecule has 0 aliphatic carbocycles. The largest absolute Gasteiger partial charge is 0.507 e. The molecule has 0 spiro atoms. The number of ketones is 1. The molecular weight excluding hydrogens is 398 g/mol. The van der Waals surface area contributed by atoms with Crippen LogP contribution in [0, 0.1) is 0 Å². The normalized spacial score (nSPS) is 21.8. The SMILES string of the molecule is COCCN1C(=O)C(=O)C(=C(O)c2ccc3c(c2)C[C@H](C)O3)[C@@H]1c1cccc(OC)c1. The molecule has 162 valence electrons. The number of likely N-dealkylation sites (tertiary alicyclic amines) is 1. The van der Waals surface area contributed by atoms with Crippen LogP contribution in [-0.2, 0) is 20.7 Å². The van der Waals surface area contributed by atoms with E-state index in [0.29, 0.717) is 16.9 Å². The molecule has 7 nitrogen and oxygen atoms in total. The first kappa shape index (κ1) is 20.9. The van der Waals surface area contributed by atoms with E-state index in [-0.39, 0.29) is 30.6 Å². The molecule has 1 N–H and O–H groups in total. The third kappa shape index (κ3) is 3.77. The number of rotatable bonds is 6. The molecule has 0 radical (unpaired) electrons. The van der Waals surface area contributed by atoms with E-state index in [1.807, 2.05) is 19.1 Å². The van der Waals surface area contributed by atoms with Crippen LogP contribution in [0.5, 0.6) is 11.5 Å². The minimum absolute atomic E-state index is 0.0567. The number of fused-ring (bicyclic) bond motifs is 1. The van der Waals surface area contributed by atoms with Gasteiger partial charge in [-0.1, -0.05) is 12.1 Å². The first-order valence-electron chi connectivity index (χ1n) is 10.2. The molecule has 4 rings (SSSR count). The Balaban J connectivity index is 1.83. The van der Waals surface area contributed by atoms with Crippen molar-refractivity contribution in [2.75, 3.05) is 27.4 Å². The van der Waals surface area contributed by atoms with Crippen molar-refractivity contribution in [2.45, 2.75) is 25.5 Å². The fraction of sp³-hybridized carbons (Fsp3) is 0.333. The van der Waals surface area contributed by atoms with Crippen LogP contribution in [0.25, 0.3) is 5.76 Å². The predicted molar refractivity (Wildman–Crippen MR) is 114 cm³/mol. The van der Waals surface area contributed by atoms with Crippen molar-refractivity contribution >= 4 is 17.4 Å². The maximum Gasteiger partial charge on any atom is 0.295 e. The molecule has 2 aliphatic heterocycles. The van der Waals surface area contributed by atoms with Gasteiger partial charge in [0.2, 0.25) is 0 Å². The number of nitrogens with zero attached hydrogens (tertiary/aromatic N) is 1. The highest BCUT2D eigenvalue weighted by molar-refractivity contribution is 6.46. The Morgan fingerprint density at radius 2 is 2.00 bits per heavy atom. The summed E-state index contributed by atoms with van der Waals surface area (Å²) in [5, 5.41) is 11.2. The van der Waals surface area contributed by atoms with E-state index in [1.54, 1.807) is 37.4 Å². The number of amides is 1. The van der Waals surface area contributed by atoms with Gasteiger partial charge in [0.05, 0.1) is 25.3 Å². The van der Waals surface area contributed by atoms with Crippen LogP contribution >= 0.6 is 0 Å². The van der Waals surface area contributed by atoms with E-state index in [0.717, 1.165) is 17.7 Å². The number of ether oxygens (including phenoxy) is 3. The zero-order valence-electron chi connectivity index (χ0n) is 17.8. The van der Waals surface area contributed by atoms with Crippen molar-refractivity contribution in [1.82, 2.24) is 4.90 Å². The third-order valence-corrected chi connectivity index (χ3v) is 5.66. The molecule has 0 saturated carbocycles. The molecule has 2 aromatic rings. The van der Waals surface area contributed by atoms with Gasteiger partial charge in [-0.05, 0) is 48.4 Å². The van der Waals surface area contributed by atoms with E-state index >= 15 is 0 Å². The van der Waals surface area contributed by atoms with Crippen molar-refractivity contribution in [3.63, 3.8) is 0 Å². The Morgan fingerprint density at radius 3 is 2.74 bits per heavy atom. The molecule has 2 heterocycles. The molecule has 2 aliphatic rings. The monoisotopic (exact) mass is 423 g/mol. The molecule has 2 aromatic carbocycles. The molecule has 0 unspecified atom stereocenters. The van der Waals surface area contributed by atoms with E-state index < -0.39 is 17.7 Å². The highest BCUT2D eigenvalue weighted by Gasteiger charge is 2.46. The van der Waals surface area contributed by atoms with E-state index in [9.17, 15) is 14.7 Å². The summed E-state index contributed by atoms with van der Waals surface area (Å²) in [6.07, 6.45) is 0.779. The fourth-order valence-electron chi connectivity index (χ4n) is 4.18. The Bertz CT molecular complexity index is 1060. The van der Waals surface area contributed by atoms with Crippen molar-refractivity contribution in [3.05, 3.63) is 64.7 Å². The van der Waals surface area contributed by atoms with Crippen molar-refractivity contribution in [2.24, 2.45) is 0 Å². The van der Waals surface area contributed by atoms with Gasteiger partial charge in [0, 0.05) is 25.6 Å². The summed E-state index contributed by atoms with van der Waals surface area (Å²) in [5.41, 5.74) is 2.17. The van der Waals surface area contributed by atoms with E-state index in [2.05, 4.69) is 0 Å². The summed E-state index contributed by atoms with van der Waals surface area (Å²) in [5.74, 6) is -0.211. The highest BCUT2D eigenvalue weighted by Crippen LogP contribution is 2.41.